The van der Waals surface area contributed by atoms with Crippen LogP contribution in [0.5, 0.6) is 11.5 Å². The normalized spacial score (nSPS) is 11.6. The van der Waals surface area contributed by atoms with E-state index in [0.717, 1.165) is 33.9 Å². The molecule has 6 aromatic rings. The van der Waals surface area contributed by atoms with Crippen molar-refractivity contribution in [2.75, 3.05) is 0 Å². The van der Waals surface area contributed by atoms with Crippen LogP contribution in [0.2, 0.25) is 0 Å². The molecule has 50 heavy (non-hydrogen) atoms. The lowest BCUT2D eigenvalue weighted by atomic mass is 10.1. The average molecular weight is 663 g/mol. The molecule has 10 nitrogen and oxygen atoms in total. The molecule has 10 heteroatoms. The Kier molecular flexibility index (Phi) is 11.7. The number of aromatic nitrogens is 4. The van der Waals surface area contributed by atoms with E-state index in [2.05, 4.69) is 39.9 Å². The number of benzene rings is 2. The minimum absolute atomic E-state index is 0.0967. The molecule has 6 rings (SSSR count). The fourth-order valence-corrected chi connectivity index (χ4v) is 5.54. The van der Waals surface area contributed by atoms with Gasteiger partial charge in [-0.1, -0.05) is 36.4 Å². The third-order valence-electron chi connectivity index (χ3n) is 7.90. The Morgan fingerprint density at radius 1 is 0.440 bits per heavy atom. The minimum atomic E-state index is 0.0967. The molecular weight excluding hydrogens is 624 g/mol. The lowest BCUT2D eigenvalue weighted by Crippen LogP contribution is -2.23. The zero-order chi connectivity index (χ0) is 34.4. The lowest BCUT2D eigenvalue weighted by Gasteiger charge is -2.22. The average Bonchev–Trinajstić information content (AvgIpc) is 3.14. The van der Waals surface area contributed by atoms with Crippen LogP contribution in [-0.4, -0.2) is 52.4 Å². The van der Waals surface area contributed by atoms with Crippen LogP contribution < -0.4 is 0 Å². The number of phenols is 2. The van der Waals surface area contributed by atoms with Gasteiger partial charge in [0.15, 0.2) is 0 Å². The van der Waals surface area contributed by atoms with Gasteiger partial charge in [-0.25, -0.2) is 0 Å². The van der Waals surface area contributed by atoms with Crippen molar-refractivity contribution in [2.24, 2.45) is 10.2 Å². The molecule has 0 saturated carbocycles. The highest BCUT2D eigenvalue weighted by Crippen LogP contribution is 2.21. The molecule has 4 aromatic heterocycles. The van der Waals surface area contributed by atoms with Crippen LogP contribution in [0, 0.1) is 0 Å². The first-order valence-electron chi connectivity index (χ1n) is 16.3. The highest BCUT2D eigenvalue weighted by Gasteiger charge is 2.13. The second-order valence-electron chi connectivity index (χ2n) is 11.9. The van der Waals surface area contributed by atoms with Crippen molar-refractivity contribution >= 4 is 12.4 Å². The van der Waals surface area contributed by atoms with E-state index in [0.29, 0.717) is 50.4 Å². The number of aromatic hydroxyl groups is 2. The number of hydrogen-bond acceptors (Lipinski definition) is 10. The lowest BCUT2D eigenvalue weighted by molar-refractivity contribution is 0.241. The van der Waals surface area contributed by atoms with Gasteiger partial charge in [0.05, 0.1) is 35.2 Å². The smallest absolute Gasteiger partial charge is 0.124 e. The number of nitrogens with zero attached hydrogens (tertiary/aromatic N) is 8. The maximum atomic E-state index is 10.6. The summed E-state index contributed by atoms with van der Waals surface area (Å²) in [7, 11) is 0. The van der Waals surface area contributed by atoms with E-state index in [4.69, 9.17) is 0 Å². The van der Waals surface area contributed by atoms with Gasteiger partial charge in [0.25, 0.3) is 0 Å². The maximum absolute atomic E-state index is 10.6. The van der Waals surface area contributed by atoms with E-state index < -0.39 is 0 Å². The molecule has 0 aliphatic carbocycles. The molecule has 0 bridgehead atoms. The number of rotatable bonds is 15. The van der Waals surface area contributed by atoms with Gasteiger partial charge in [0.1, 0.15) is 11.5 Å². The summed E-state index contributed by atoms with van der Waals surface area (Å²) in [6.45, 7) is 3.76. The summed E-state index contributed by atoms with van der Waals surface area (Å²) in [5.41, 5.74) is 6.89. The molecule has 0 saturated heterocycles. The summed E-state index contributed by atoms with van der Waals surface area (Å²) in [4.78, 5) is 22.5. The summed E-state index contributed by atoms with van der Waals surface area (Å²) < 4.78 is 0. The quantitative estimate of drug-likeness (QED) is 0.0940. The first kappa shape index (κ1) is 33.8. The Morgan fingerprint density at radius 2 is 0.780 bits per heavy atom. The van der Waals surface area contributed by atoms with Crippen LogP contribution in [0.15, 0.2) is 144 Å². The Labute approximate surface area is 291 Å². The molecule has 2 aromatic carbocycles. The molecule has 0 aliphatic rings. The van der Waals surface area contributed by atoms with Crippen LogP contribution >= 0.6 is 0 Å². The molecule has 0 unspecified atom stereocenters. The van der Waals surface area contributed by atoms with Crippen LogP contribution in [0.4, 0.5) is 0 Å². The largest absolute Gasteiger partial charge is 0.507 e. The third-order valence-corrected chi connectivity index (χ3v) is 7.90. The standard InChI is InChI=1S/C40H38N8O2/c49-39-15-13-31(25-47(27-35-9-1-5-17-41-35)28-36-10-2-6-18-42-36)21-33(39)23-45-46-24-34-22-32(14-16-40(34)50)26-48(29-37-11-3-7-19-43-37)30-38-12-4-8-20-44-38/h1-24,49-50H,25-30H2/b45-23+,46-24+. The molecule has 0 spiro atoms. The van der Waals surface area contributed by atoms with Crippen molar-refractivity contribution in [3.8, 4) is 11.5 Å². The molecule has 0 fully saturated rings. The number of phenolic OH excluding ortho intramolecular Hbond substituents is 2. The fourth-order valence-electron chi connectivity index (χ4n) is 5.54. The fraction of sp³-hybridized carbons (Fsp3) is 0.150. The highest BCUT2D eigenvalue weighted by molar-refractivity contribution is 5.86. The number of pyridine rings is 4. The SMILES string of the molecule is Oc1ccc(CN(Cc2ccccn2)Cc2ccccn2)cc1/C=N/N=C/c1cc(CN(Cc2ccccn2)Cc2ccccn2)ccc1O. The zero-order valence-electron chi connectivity index (χ0n) is 27.6. The highest BCUT2D eigenvalue weighted by atomic mass is 16.3. The van der Waals surface area contributed by atoms with E-state index in [-0.39, 0.29) is 11.5 Å². The van der Waals surface area contributed by atoms with Gasteiger partial charge in [0.2, 0.25) is 0 Å². The second-order valence-corrected chi connectivity index (χ2v) is 11.9. The first-order valence-corrected chi connectivity index (χ1v) is 16.3. The van der Waals surface area contributed by atoms with E-state index in [1.807, 2.05) is 97.1 Å². The Balaban J connectivity index is 1.14. The first-order chi connectivity index (χ1) is 24.6. The van der Waals surface area contributed by atoms with Crippen molar-refractivity contribution in [1.82, 2.24) is 29.7 Å². The number of hydrogen-bond donors (Lipinski definition) is 2. The van der Waals surface area contributed by atoms with Gasteiger partial charge in [0, 0.05) is 75.2 Å². The summed E-state index contributed by atoms with van der Waals surface area (Å²) in [6.07, 6.45) is 10.2. The molecular formula is C40H38N8O2. The summed E-state index contributed by atoms with van der Waals surface area (Å²) >= 11 is 0. The van der Waals surface area contributed by atoms with E-state index in [1.165, 1.54) is 12.4 Å². The van der Waals surface area contributed by atoms with Crippen LogP contribution in [0.3, 0.4) is 0 Å². The van der Waals surface area contributed by atoms with Crippen LogP contribution in [0.25, 0.3) is 0 Å². The van der Waals surface area contributed by atoms with Crippen LogP contribution in [-0.2, 0) is 39.3 Å². The van der Waals surface area contributed by atoms with Crippen molar-refractivity contribution in [2.45, 2.75) is 39.3 Å². The Morgan fingerprint density at radius 3 is 1.08 bits per heavy atom. The summed E-state index contributed by atoms with van der Waals surface area (Å²) in [5, 5.41) is 29.6. The van der Waals surface area contributed by atoms with Crippen LogP contribution in [0.1, 0.15) is 45.0 Å². The monoisotopic (exact) mass is 662 g/mol. The third kappa shape index (κ3) is 10.2. The van der Waals surface area contributed by atoms with Gasteiger partial charge in [-0.05, 0) is 83.9 Å². The Hall–Kier alpha value is -6.10. The van der Waals surface area contributed by atoms with Gasteiger partial charge in [-0.2, -0.15) is 10.2 Å². The maximum Gasteiger partial charge on any atom is 0.124 e. The van der Waals surface area contributed by atoms with E-state index in [1.54, 1.807) is 36.9 Å². The molecule has 250 valence electrons. The van der Waals surface area contributed by atoms with Gasteiger partial charge in [-0.3, -0.25) is 29.7 Å². The predicted octanol–water partition coefficient (Wildman–Crippen LogP) is 6.54. The molecule has 2 N–H and O–H groups in total. The molecule has 0 radical (unpaired) electrons. The summed E-state index contributed by atoms with van der Waals surface area (Å²) in [5.74, 6) is 0.193. The van der Waals surface area contributed by atoms with E-state index >= 15 is 0 Å². The topological polar surface area (TPSA) is 123 Å². The van der Waals surface area contributed by atoms with Crippen molar-refractivity contribution in [1.29, 1.82) is 0 Å². The molecule has 0 aliphatic heterocycles. The molecule has 0 amide bonds. The van der Waals surface area contributed by atoms with Gasteiger partial charge >= 0.3 is 0 Å². The Bertz CT molecular complexity index is 1760. The van der Waals surface area contributed by atoms with E-state index in [9.17, 15) is 10.2 Å². The zero-order valence-corrected chi connectivity index (χ0v) is 27.6. The van der Waals surface area contributed by atoms with Gasteiger partial charge in [-0.15, -0.1) is 0 Å². The molecule has 4 heterocycles. The predicted molar refractivity (Wildman–Crippen MR) is 194 cm³/mol. The van der Waals surface area contributed by atoms with Crippen molar-refractivity contribution in [3.05, 3.63) is 179 Å². The second kappa shape index (κ2) is 17.3. The van der Waals surface area contributed by atoms with Crippen molar-refractivity contribution in [3.63, 3.8) is 0 Å². The summed E-state index contributed by atoms with van der Waals surface area (Å²) in [6, 6.07) is 34.5. The van der Waals surface area contributed by atoms with Crippen molar-refractivity contribution < 1.29 is 10.2 Å². The molecule has 0 atom stereocenters. The minimum Gasteiger partial charge on any atom is -0.507 e. The van der Waals surface area contributed by atoms with Gasteiger partial charge < -0.3 is 10.2 Å².